The number of aromatic nitrogens is 1. The van der Waals surface area contributed by atoms with E-state index in [1.807, 2.05) is 11.4 Å². The van der Waals surface area contributed by atoms with Crippen LogP contribution in [0.1, 0.15) is 4.88 Å². The van der Waals surface area contributed by atoms with Gasteiger partial charge in [0.2, 0.25) is 0 Å². The fraction of sp³-hybridized carbons (Fsp3) is 0.100. The highest BCUT2D eigenvalue weighted by Crippen LogP contribution is 2.21. The molecule has 0 atom stereocenters. The predicted molar refractivity (Wildman–Crippen MR) is 71.2 cm³/mol. The first-order valence-corrected chi connectivity index (χ1v) is 6.89. The van der Waals surface area contributed by atoms with Crippen LogP contribution in [0.4, 0.5) is 10.2 Å². The number of anilines is 1. The number of rotatable bonds is 3. The van der Waals surface area contributed by atoms with Crippen molar-refractivity contribution in [1.82, 2.24) is 4.98 Å². The summed E-state index contributed by atoms with van der Waals surface area (Å²) in [7, 11) is 0. The first-order chi connectivity index (χ1) is 7.65. The average Bonchev–Trinajstić information content (AvgIpc) is 2.63. The Morgan fingerprint density at radius 1 is 1.31 bits per heavy atom. The van der Waals surface area contributed by atoms with E-state index >= 15 is 0 Å². The second-order valence-electron chi connectivity index (χ2n) is 3.07. The molecule has 0 bridgehead atoms. The van der Waals surface area contributed by atoms with Crippen LogP contribution in [-0.2, 0) is 6.54 Å². The number of pyridine rings is 1. The van der Waals surface area contributed by atoms with Crippen molar-refractivity contribution in [1.29, 1.82) is 0 Å². The first-order valence-electron chi connectivity index (χ1n) is 4.43. The fourth-order valence-electron chi connectivity index (χ4n) is 1.16. The number of thiophene rings is 1. The van der Waals surface area contributed by atoms with E-state index < -0.39 is 0 Å². The van der Waals surface area contributed by atoms with Gasteiger partial charge in [0.05, 0.1) is 6.54 Å². The molecule has 2 aromatic rings. The van der Waals surface area contributed by atoms with Gasteiger partial charge in [0.25, 0.3) is 0 Å². The van der Waals surface area contributed by atoms with E-state index in [0.717, 1.165) is 9.35 Å². The summed E-state index contributed by atoms with van der Waals surface area (Å²) < 4.78 is 15.1. The van der Waals surface area contributed by atoms with Crippen molar-refractivity contribution >= 4 is 49.0 Å². The molecule has 0 saturated carbocycles. The minimum absolute atomic E-state index is 0.271. The first kappa shape index (κ1) is 12.0. The van der Waals surface area contributed by atoms with E-state index in [9.17, 15) is 4.39 Å². The van der Waals surface area contributed by atoms with Crippen LogP contribution in [0.5, 0.6) is 0 Å². The van der Waals surface area contributed by atoms with Crippen LogP contribution < -0.4 is 5.32 Å². The molecule has 0 unspecified atom stereocenters. The second-order valence-corrected chi connectivity index (χ2v) is 5.90. The van der Waals surface area contributed by atoms with E-state index in [2.05, 4.69) is 42.2 Å². The molecule has 0 amide bonds. The van der Waals surface area contributed by atoms with Gasteiger partial charge in [0, 0.05) is 25.4 Å². The molecule has 0 fully saturated rings. The van der Waals surface area contributed by atoms with Crippen LogP contribution in [0.3, 0.4) is 0 Å². The van der Waals surface area contributed by atoms with Gasteiger partial charge in [-0.15, -0.1) is 11.3 Å². The maximum atomic E-state index is 13.4. The Morgan fingerprint density at radius 2 is 2.12 bits per heavy atom. The van der Waals surface area contributed by atoms with Crippen molar-refractivity contribution in [3.8, 4) is 0 Å². The molecule has 2 rings (SSSR count). The highest BCUT2D eigenvalue weighted by molar-refractivity contribution is 9.10. The summed E-state index contributed by atoms with van der Waals surface area (Å²) >= 11 is 8.14. The van der Waals surface area contributed by atoms with Crippen molar-refractivity contribution in [3.63, 3.8) is 0 Å². The smallest absolute Gasteiger partial charge is 0.166 e. The van der Waals surface area contributed by atoms with Crippen molar-refractivity contribution in [2.24, 2.45) is 0 Å². The van der Waals surface area contributed by atoms with Crippen molar-refractivity contribution < 1.29 is 4.39 Å². The van der Waals surface area contributed by atoms with Gasteiger partial charge in [-0.1, -0.05) is 0 Å². The summed E-state index contributed by atoms with van der Waals surface area (Å²) in [6.07, 6.45) is 1.57. The van der Waals surface area contributed by atoms with E-state index in [1.165, 1.54) is 6.07 Å². The summed E-state index contributed by atoms with van der Waals surface area (Å²) in [5.74, 6) is -0.0854. The van der Waals surface area contributed by atoms with Crippen LogP contribution in [0.2, 0.25) is 0 Å². The lowest BCUT2D eigenvalue weighted by molar-refractivity contribution is 0.623. The summed E-state index contributed by atoms with van der Waals surface area (Å²) in [4.78, 5) is 5.08. The zero-order valence-electron chi connectivity index (χ0n) is 8.01. The van der Waals surface area contributed by atoms with Gasteiger partial charge < -0.3 is 5.32 Å². The highest BCUT2D eigenvalue weighted by atomic mass is 79.9. The SMILES string of the molecule is Fc1cc(Br)cnc1NCc1cc(Br)cs1. The minimum atomic E-state index is -0.356. The van der Waals surface area contributed by atoms with Crippen molar-refractivity contribution in [3.05, 3.63) is 43.3 Å². The van der Waals surface area contributed by atoms with Gasteiger partial charge in [0.1, 0.15) is 0 Å². The molecule has 0 aliphatic carbocycles. The molecule has 1 N–H and O–H groups in total. The van der Waals surface area contributed by atoms with Crippen molar-refractivity contribution in [2.75, 3.05) is 5.32 Å². The van der Waals surface area contributed by atoms with E-state index in [-0.39, 0.29) is 11.6 Å². The largest absolute Gasteiger partial charge is 0.363 e. The molecule has 0 aliphatic heterocycles. The third-order valence-electron chi connectivity index (χ3n) is 1.86. The molecule has 2 nitrogen and oxygen atoms in total. The topological polar surface area (TPSA) is 24.9 Å². The Hall–Kier alpha value is -0.460. The lowest BCUT2D eigenvalue weighted by Gasteiger charge is -2.04. The van der Waals surface area contributed by atoms with Crippen LogP contribution in [-0.4, -0.2) is 4.98 Å². The molecule has 6 heteroatoms. The molecule has 0 aromatic carbocycles. The number of hydrogen-bond acceptors (Lipinski definition) is 3. The normalized spacial score (nSPS) is 10.4. The maximum Gasteiger partial charge on any atom is 0.166 e. The molecule has 2 heterocycles. The van der Waals surface area contributed by atoms with Crippen LogP contribution in [0.15, 0.2) is 32.7 Å². The number of halogens is 3. The molecule has 0 saturated heterocycles. The van der Waals surface area contributed by atoms with Crippen LogP contribution in [0.25, 0.3) is 0 Å². The molecule has 0 aliphatic rings. The third-order valence-corrected chi connectivity index (χ3v) is 3.99. The third kappa shape index (κ3) is 3.02. The molecule has 16 heavy (non-hydrogen) atoms. The Kier molecular flexibility index (Phi) is 3.94. The monoisotopic (exact) mass is 364 g/mol. The Balaban J connectivity index is 2.04. The summed E-state index contributed by atoms with van der Waals surface area (Å²) in [5.41, 5.74) is 0. The predicted octanol–water partition coefficient (Wildman–Crippen LogP) is 4.42. The van der Waals surface area contributed by atoms with E-state index in [4.69, 9.17) is 0 Å². The molecule has 2 aromatic heterocycles. The molecule has 84 valence electrons. The van der Waals surface area contributed by atoms with Gasteiger partial charge in [-0.3, -0.25) is 0 Å². The number of nitrogens with one attached hydrogen (secondary N) is 1. The summed E-state index contributed by atoms with van der Waals surface area (Å²) in [5, 5.41) is 4.94. The minimum Gasteiger partial charge on any atom is -0.363 e. The van der Waals surface area contributed by atoms with Gasteiger partial charge in [-0.2, -0.15) is 0 Å². The zero-order chi connectivity index (χ0) is 11.5. The average molecular weight is 366 g/mol. The lowest BCUT2D eigenvalue weighted by atomic mass is 10.4. The van der Waals surface area contributed by atoms with Crippen molar-refractivity contribution in [2.45, 2.75) is 6.54 Å². The zero-order valence-corrected chi connectivity index (χ0v) is 12.0. The van der Waals surface area contributed by atoms with Crippen LogP contribution in [0, 0.1) is 5.82 Å². The summed E-state index contributed by atoms with van der Waals surface area (Å²) in [6.45, 7) is 0.571. The second kappa shape index (κ2) is 5.25. The maximum absolute atomic E-state index is 13.4. The van der Waals surface area contributed by atoms with E-state index in [1.54, 1.807) is 17.5 Å². The molecular formula is C10H7Br2FN2S. The number of nitrogens with zero attached hydrogens (tertiary/aromatic N) is 1. The van der Waals surface area contributed by atoms with Gasteiger partial charge >= 0.3 is 0 Å². The molecule has 0 spiro atoms. The fourth-order valence-corrected chi connectivity index (χ4v) is 2.86. The standard InChI is InChI=1S/C10H7Br2FN2S/c11-6-2-9(13)10(14-3-6)15-4-8-1-7(12)5-16-8/h1-3,5H,4H2,(H,14,15). The van der Waals surface area contributed by atoms with E-state index in [0.29, 0.717) is 11.0 Å². The van der Waals surface area contributed by atoms with Gasteiger partial charge in [-0.05, 0) is 44.0 Å². The Bertz CT molecular complexity index is 501. The summed E-state index contributed by atoms with van der Waals surface area (Å²) in [6, 6.07) is 3.38. The van der Waals surface area contributed by atoms with Gasteiger partial charge in [0.15, 0.2) is 11.6 Å². The van der Waals surface area contributed by atoms with Crippen LogP contribution >= 0.6 is 43.2 Å². The molecule has 0 radical (unpaired) electrons. The molecular weight excluding hydrogens is 359 g/mol. The Labute approximate surface area is 113 Å². The highest BCUT2D eigenvalue weighted by Gasteiger charge is 2.04. The Morgan fingerprint density at radius 3 is 2.75 bits per heavy atom. The van der Waals surface area contributed by atoms with Gasteiger partial charge in [-0.25, -0.2) is 9.37 Å². The lowest BCUT2D eigenvalue weighted by Crippen LogP contribution is -2.02. The quantitative estimate of drug-likeness (QED) is 0.870. The number of hydrogen-bond donors (Lipinski definition) is 1.